The van der Waals surface area contributed by atoms with E-state index in [0.29, 0.717) is 12.4 Å². The maximum absolute atomic E-state index is 12.9. The molecule has 0 fully saturated rings. The highest BCUT2D eigenvalue weighted by Gasteiger charge is 2.03. The molecule has 0 aliphatic rings. The minimum absolute atomic E-state index is 0.159. The second kappa shape index (κ2) is 6.95. The lowest BCUT2D eigenvalue weighted by Crippen LogP contribution is -1.96. The lowest BCUT2D eigenvalue weighted by molar-refractivity contribution is 0.306. The van der Waals surface area contributed by atoms with Gasteiger partial charge in [-0.25, -0.2) is 4.39 Å². The van der Waals surface area contributed by atoms with E-state index in [1.54, 1.807) is 0 Å². The molecule has 2 aromatic rings. The van der Waals surface area contributed by atoms with Gasteiger partial charge in [0, 0.05) is 5.56 Å². The molecule has 20 heavy (non-hydrogen) atoms. The normalized spacial score (nSPS) is 9.75. The van der Waals surface area contributed by atoms with Gasteiger partial charge in [0.2, 0.25) is 0 Å². The van der Waals surface area contributed by atoms with Crippen molar-refractivity contribution < 1.29 is 14.2 Å². The van der Waals surface area contributed by atoms with Crippen molar-refractivity contribution in [2.45, 2.75) is 6.61 Å². The third-order valence-corrected chi connectivity index (χ3v) is 2.85. The Balaban J connectivity index is 2.00. The van der Waals surface area contributed by atoms with Crippen molar-refractivity contribution in [1.29, 1.82) is 0 Å². The lowest BCUT2D eigenvalue weighted by Gasteiger charge is -2.08. The fraction of sp³-hybridized carbons (Fsp3) is 0.125. The van der Waals surface area contributed by atoms with Gasteiger partial charge in [0.1, 0.15) is 24.8 Å². The van der Waals surface area contributed by atoms with Gasteiger partial charge in [0.15, 0.2) is 0 Å². The Morgan fingerprint density at radius 3 is 2.55 bits per heavy atom. The summed E-state index contributed by atoms with van der Waals surface area (Å²) < 4.78 is 18.4. The van der Waals surface area contributed by atoms with Gasteiger partial charge in [-0.3, -0.25) is 0 Å². The number of hydrogen-bond donors (Lipinski definition) is 1. The third kappa shape index (κ3) is 3.99. The van der Waals surface area contributed by atoms with Crippen LogP contribution < -0.4 is 4.74 Å². The van der Waals surface area contributed by atoms with Crippen molar-refractivity contribution in [1.82, 2.24) is 0 Å². The maximum Gasteiger partial charge on any atom is 0.138 e. The minimum atomic E-state index is -0.394. The molecule has 1 N–H and O–H groups in total. The second-order valence-electron chi connectivity index (χ2n) is 4.02. The van der Waals surface area contributed by atoms with Crippen LogP contribution in [0.25, 0.3) is 0 Å². The molecule has 0 saturated carbocycles. The van der Waals surface area contributed by atoms with Gasteiger partial charge in [0.25, 0.3) is 0 Å². The average molecular weight is 291 g/mol. The van der Waals surface area contributed by atoms with E-state index in [1.807, 2.05) is 24.3 Å². The van der Waals surface area contributed by atoms with E-state index >= 15 is 0 Å². The minimum Gasteiger partial charge on any atom is -0.487 e. The molecule has 0 amide bonds. The fourth-order valence-electron chi connectivity index (χ4n) is 1.58. The molecule has 0 aliphatic carbocycles. The molecular formula is C16H12ClFO2. The Morgan fingerprint density at radius 2 is 1.90 bits per heavy atom. The van der Waals surface area contributed by atoms with E-state index in [2.05, 4.69) is 11.8 Å². The zero-order valence-electron chi connectivity index (χ0n) is 10.6. The van der Waals surface area contributed by atoms with Crippen LogP contribution in [0.15, 0.2) is 42.5 Å². The number of rotatable bonds is 3. The first-order chi connectivity index (χ1) is 9.69. The van der Waals surface area contributed by atoms with Crippen molar-refractivity contribution in [3.05, 3.63) is 64.4 Å². The molecule has 2 aromatic carbocycles. The van der Waals surface area contributed by atoms with Gasteiger partial charge < -0.3 is 9.84 Å². The Morgan fingerprint density at radius 1 is 1.15 bits per heavy atom. The lowest BCUT2D eigenvalue weighted by atomic mass is 10.1. The Bertz CT molecular complexity index is 642. The van der Waals surface area contributed by atoms with Crippen LogP contribution in [-0.2, 0) is 6.61 Å². The number of aliphatic hydroxyl groups is 1. The summed E-state index contributed by atoms with van der Waals surface area (Å²) in [4.78, 5) is 0. The summed E-state index contributed by atoms with van der Waals surface area (Å²) in [5, 5.41) is 8.85. The van der Waals surface area contributed by atoms with Crippen LogP contribution in [0.1, 0.15) is 11.1 Å². The summed E-state index contributed by atoms with van der Waals surface area (Å²) in [6, 6.07) is 11.4. The van der Waals surface area contributed by atoms with E-state index in [4.69, 9.17) is 21.4 Å². The summed E-state index contributed by atoms with van der Waals surface area (Å²) in [7, 11) is 0. The standard InChI is InChI=1S/C16H12ClFO2/c17-15-10-14(18)7-8-16(15)20-11-13-5-3-12(4-6-13)2-1-9-19/h3-8,10,19H,9,11H2. The van der Waals surface area contributed by atoms with E-state index in [0.717, 1.165) is 11.1 Å². The number of hydrogen-bond acceptors (Lipinski definition) is 2. The third-order valence-electron chi connectivity index (χ3n) is 2.55. The highest BCUT2D eigenvalue weighted by molar-refractivity contribution is 6.32. The predicted molar refractivity (Wildman–Crippen MR) is 76.1 cm³/mol. The SMILES string of the molecule is OCC#Cc1ccc(COc2ccc(F)cc2Cl)cc1. The van der Waals surface area contributed by atoms with Crippen LogP contribution >= 0.6 is 11.6 Å². The highest BCUT2D eigenvalue weighted by atomic mass is 35.5. The van der Waals surface area contributed by atoms with Crippen LogP contribution in [0.2, 0.25) is 5.02 Å². The second-order valence-corrected chi connectivity index (χ2v) is 4.43. The number of benzene rings is 2. The largest absolute Gasteiger partial charge is 0.487 e. The average Bonchev–Trinajstić information content (AvgIpc) is 2.45. The van der Waals surface area contributed by atoms with Crippen LogP contribution in [0.3, 0.4) is 0 Å². The molecule has 2 rings (SSSR count). The fourth-order valence-corrected chi connectivity index (χ4v) is 1.80. The molecule has 0 heterocycles. The number of aliphatic hydroxyl groups excluding tert-OH is 1. The summed E-state index contributed by atoms with van der Waals surface area (Å²) in [6.45, 7) is 0.174. The van der Waals surface area contributed by atoms with Gasteiger partial charge in [0.05, 0.1) is 5.02 Å². The molecule has 0 atom stereocenters. The molecule has 102 valence electrons. The number of ether oxygens (including phenoxy) is 1. The Kier molecular flexibility index (Phi) is 5.00. The Labute approximate surface area is 121 Å². The first-order valence-electron chi connectivity index (χ1n) is 5.95. The van der Waals surface area contributed by atoms with Crippen LogP contribution in [0.4, 0.5) is 4.39 Å². The molecule has 0 spiro atoms. The zero-order chi connectivity index (χ0) is 14.4. The quantitative estimate of drug-likeness (QED) is 0.878. The zero-order valence-corrected chi connectivity index (χ0v) is 11.3. The molecule has 0 saturated heterocycles. The van der Waals surface area contributed by atoms with Crippen molar-refractivity contribution in [3.63, 3.8) is 0 Å². The molecule has 0 unspecified atom stereocenters. The molecule has 2 nitrogen and oxygen atoms in total. The van der Waals surface area contributed by atoms with Crippen LogP contribution in [-0.4, -0.2) is 11.7 Å². The summed E-state index contributed by atoms with van der Waals surface area (Å²) in [5.41, 5.74) is 1.77. The predicted octanol–water partition coefficient (Wildman–Crippen LogP) is 3.40. The molecular weight excluding hydrogens is 279 g/mol. The first-order valence-corrected chi connectivity index (χ1v) is 6.33. The van der Waals surface area contributed by atoms with Gasteiger partial charge >= 0.3 is 0 Å². The highest BCUT2D eigenvalue weighted by Crippen LogP contribution is 2.25. The molecule has 0 aromatic heterocycles. The molecule has 0 aliphatic heterocycles. The molecule has 0 bridgehead atoms. The van der Waals surface area contributed by atoms with Crippen molar-refractivity contribution in [2.24, 2.45) is 0 Å². The van der Waals surface area contributed by atoms with Gasteiger partial charge in [-0.15, -0.1) is 0 Å². The van der Waals surface area contributed by atoms with E-state index in [1.165, 1.54) is 18.2 Å². The summed E-state index contributed by atoms with van der Waals surface area (Å²) in [6.07, 6.45) is 0. The van der Waals surface area contributed by atoms with Crippen LogP contribution in [0.5, 0.6) is 5.75 Å². The van der Waals surface area contributed by atoms with E-state index < -0.39 is 5.82 Å². The molecule has 4 heteroatoms. The molecule has 0 radical (unpaired) electrons. The summed E-state index contributed by atoms with van der Waals surface area (Å²) in [5.74, 6) is 5.43. The van der Waals surface area contributed by atoms with Crippen molar-refractivity contribution in [2.75, 3.05) is 6.61 Å². The van der Waals surface area contributed by atoms with E-state index in [9.17, 15) is 4.39 Å². The van der Waals surface area contributed by atoms with Crippen molar-refractivity contribution in [3.8, 4) is 17.6 Å². The van der Waals surface area contributed by atoms with E-state index in [-0.39, 0.29) is 11.6 Å². The van der Waals surface area contributed by atoms with Gasteiger partial charge in [-0.1, -0.05) is 35.6 Å². The van der Waals surface area contributed by atoms with Crippen LogP contribution in [0, 0.1) is 17.7 Å². The summed E-state index contributed by atoms with van der Waals surface area (Å²) >= 11 is 5.87. The smallest absolute Gasteiger partial charge is 0.138 e. The first kappa shape index (κ1) is 14.4. The Hall–Kier alpha value is -2.02. The van der Waals surface area contributed by atoms with Gasteiger partial charge in [-0.2, -0.15) is 0 Å². The van der Waals surface area contributed by atoms with Crippen molar-refractivity contribution >= 4 is 11.6 Å². The maximum atomic E-state index is 12.9. The topological polar surface area (TPSA) is 29.5 Å². The monoisotopic (exact) mass is 290 g/mol. The number of halogens is 2. The van der Waals surface area contributed by atoms with Gasteiger partial charge in [-0.05, 0) is 35.9 Å².